The van der Waals surface area contributed by atoms with Crippen LogP contribution in [-0.4, -0.2) is 40.2 Å². The minimum absolute atomic E-state index is 0.184. The number of hydrogen-bond donors (Lipinski definition) is 2. The predicted octanol–water partition coefficient (Wildman–Crippen LogP) is 3.48. The van der Waals surface area contributed by atoms with Crippen molar-refractivity contribution >= 4 is 50.1 Å². The number of amides is 3. The Bertz CT molecular complexity index is 1060. The van der Waals surface area contributed by atoms with E-state index in [1.54, 1.807) is 29.2 Å². The summed E-state index contributed by atoms with van der Waals surface area (Å²) in [4.78, 5) is 42.8. The summed E-state index contributed by atoms with van der Waals surface area (Å²) in [5.74, 6) is -0.444. The summed E-state index contributed by atoms with van der Waals surface area (Å²) in [7, 11) is 0. The zero-order valence-electron chi connectivity index (χ0n) is 15.8. The summed E-state index contributed by atoms with van der Waals surface area (Å²) >= 11 is 1.33. The summed E-state index contributed by atoms with van der Waals surface area (Å²) < 4.78 is 6.06. The minimum atomic E-state index is -0.548. The highest BCUT2D eigenvalue weighted by molar-refractivity contribution is 7.22. The molecule has 0 aliphatic carbocycles. The molecule has 8 nitrogen and oxygen atoms in total. The van der Waals surface area contributed by atoms with Crippen LogP contribution in [-0.2, 0) is 9.59 Å². The molecule has 150 valence electrons. The fourth-order valence-corrected chi connectivity index (χ4v) is 4.37. The lowest BCUT2D eigenvalue weighted by Crippen LogP contribution is -2.49. The Balaban J connectivity index is 1.51. The van der Waals surface area contributed by atoms with Crippen molar-refractivity contribution in [1.82, 2.24) is 9.88 Å². The van der Waals surface area contributed by atoms with Crippen LogP contribution in [0.3, 0.4) is 0 Å². The summed E-state index contributed by atoms with van der Waals surface area (Å²) in [6.07, 6.45) is 3.79. The quantitative estimate of drug-likeness (QED) is 0.683. The SMILES string of the molecule is CC(=O)Nc1nc2ccc(NC(=O)C3CCCCN3C(=O)c3ccco3)cc2s1. The lowest BCUT2D eigenvalue weighted by Gasteiger charge is -2.34. The Labute approximate surface area is 170 Å². The van der Waals surface area contributed by atoms with E-state index in [0.29, 0.717) is 23.8 Å². The molecule has 2 N–H and O–H groups in total. The summed E-state index contributed by atoms with van der Waals surface area (Å²) in [6.45, 7) is 1.95. The topological polar surface area (TPSA) is 105 Å². The van der Waals surface area contributed by atoms with Gasteiger partial charge in [-0.1, -0.05) is 11.3 Å². The summed E-state index contributed by atoms with van der Waals surface area (Å²) in [5.41, 5.74) is 1.36. The van der Waals surface area contributed by atoms with Gasteiger partial charge in [-0.2, -0.15) is 0 Å². The van der Waals surface area contributed by atoms with E-state index < -0.39 is 6.04 Å². The molecule has 4 rings (SSSR count). The number of anilines is 2. The second-order valence-corrected chi connectivity index (χ2v) is 7.89. The molecule has 1 unspecified atom stereocenters. The van der Waals surface area contributed by atoms with Crippen LogP contribution < -0.4 is 10.6 Å². The standard InChI is InChI=1S/C20H20N4O4S/c1-12(25)21-20-23-14-8-7-13(11-17(14)29-20)22-18(26)15-5-2-3-9-24(15)19(27)16-6-4-10-28-16/h4,6-8,10-11,15H,2-3,5,9H2,1H3,(H,22,26)(H,21,23,25). The maximum Gasteiger partial charge on any atom is 0.290 e. The molecule has 1 atom stereocenters. The molecule has 0 spiro atoms. The number of carbonyl (C=O) groups excluding carboxylic acids is 3. The lowest BCUT2D eigenvalue weighted by atomic mass is 10.0. The lowest BCUT2D eigenvalue weighted by molar-refractivity contribution is -0.121. The normalized spacial score (nSPS) is 16.6. The number of benzene rings is 1. The van der Waals surface area contributed by atoms with Crippen molar-refractivity contribution < 1.29 is 18.8 Å². The molecule has 1 aliphatic heterocycles. The smallest absolute Gasteiger partial charge is 0.290 e. The van der Waals surface area contributed by atoms with E-state index in [1.165, 1.54) is 24.5 Å². The van der Waals surface area contributed by atoms with Crippen molar-refractivity contribution in [2.75, 3.05) is 17.2 Å². The number of likely N-dealkylation sites (tertiary alicyclic amines) is 1. The van der Waals surface area contributed by atoms with Crippen molar-refractivity contribution in [3.8, 4) is 0 Å². The Kier molecular flexibility index (Phi) is 5.30. The van der Waals surface area contributed by atoms with Gasteiger partial charge in [-0.25, -0.2) is 4.98 Å². The zero-order valence-corrected chi connectivity index (χ0v) is 16.6. The predicted molar refractivity (Wildman–Crippen MR) is 110 cm³/mol. The molecule has 3 amide bonds. The Morgan fingerprint density at radius 2 is 2.07 bits per heavy atom. The third kappa shape index (κ3) is 4.14. The van der Waals surface area contributed by atoms with E-state index in [4.69, 9.17) is 4.42 Å². The molecule has 0 radical (unpaired) electrons. The van der Waals surface area contributed by atoms with Crippen molar-refractivity contribution in [1.29, 1.82) is 0 Å². The van der Waals surface area contributed by atoms with Gasteiger partial charge in [0.05, 0.1) is 16.5 Å². The molecule has 0 bridgehead atoms. The first-order chi connectivity index (χ1) is 14.0. The third-order valence-electron chi connectivity index (χ3n) is 4.74. The molecule has 3 heterocycles. The van der Waals surface area contributed by atoms with Gasteiger partial charge >= 0.3 is 0 Å². The van der Waals surface area contributed by atoms with Crippen molar-refractivity contribution in [3.63, 3.8) is 0 Å². The van der Waals surface area contributed by atoms with Crippen LogP contribution in [0.1, 0.15) is 36.7 Å². The number of thiazole rings is 1. The molecule has 1 aromatic carbocycles. The molecule has 0 saturated carbocycles. The average molecular weight is 412 g/mol. The van der Waals surface area contributed by atoms with Crippen LogP contribution in [0.15, 0.2) is 41.0 Å². The van der Waals surface area contributed by atoms with Gasteiger partial charge < -0.3 is 20.0 Å². The molecule has 2 aromatic heterocycles. The molecular weight excluding hydrogens is 392 g/mol. The molecule has 29 heavy (non-hydrogen) atoms. The first-order valence-electron chi connectivity index (χ1n) is 9.35. The highest BCUT2D eigenvalue weighted by Gasteiger charge is 2.33. The average Bonchev–Trinajstić information content (AvgIpc) is 3.36. The number of piperidine rings is 1. The molecule has 3 aromatic rings. The Hall–Kier alpha value is -3.20. The van der Waals surface area contributed by atoms with Crippen LogP contribution >= 0.6 is 11.3 Å². The first kappa shape index (κ1) is 19.1. The van der Waals surface area contributed by atoms with E-state index >= 15 is 0 Å². The number of hydrogen-bond acceptors (Lipinski definition) is 6. The molecule has 9 heteroatoms. The summed E-state index contributed by atoms with van der Waals surface area (Å²) in [5, 5.41) is 6.09. The van der Waals surface area contributed by atoms with Crippen molar-refractivity contribution in [3.05, 3.63) is 42.4 Å². The molecule has 1 aliphatic rings. The second kappa shape index (κ2) is 8.04. The van der Waals surface area contributed by atoms with Gasteiger partial charge in [-0.3, -0.25) is 14.4 Å². The van der Waals surface area contributed by atoms with Crippen LogP contribution in [0.25, 0.3) is 10.2 Å². The van der Waals surface area contributed by atoms with Gasteiger partial charge in [0.25, 0.3) is 5.91 Å². The highest BCUT2D eigenvalue weighted by Crippen LogP contribution is 2.29. The number of aromatic nitrogens is 1. The second-order valence-electron chi connectivity index (χ2n) is 6.86. The van der Waals surface area contributed by atoms with Gasteiger partial charge in [0.1, 0.15) is 6.04 Å². The van der Waals surface area contributed by atoms with Gasteiger partial charge in [0.15, 0.2) is 10.9 Å². The monoisotopic (exact) mass is 412 g/mol. The number of furan rings is 1. The molecule has 1 fully saturated rings. The maximum absolute atomic E-state index is 12.9. The van der Waals surface area contributed by atoms with Crippen molar-refractivity contribution in [2.45, 2.75) is 32.2 Å². The Morgan fingerprint density at radius 1 is 1.21 bits per heavy atom. The minimum Gasteiger partial charge on any atom is -0.459 e. The Morgan fingerprint density at radius 3 is 2.83 bits per heavy atom. The fourth-order valence-electron chi connectivity index (χ4n) is 3.42. The van der Waals surface area contributed by atoms with Gasteiger partial charge in [-0.05, 0) is 49.6 Å². The highest BCUT2D eigenvalue weighted by atomic mass is 32.1. The van der Waals surface area contributed by atoms with Gasteiger partial charge in [0.2, 0.25) is 11.8 Å². The van der Waals surface area contributed by atoms with Crippen LogP contribution in [0.5, 0.6) is 0 Å². The van der Waals surface area contributed by atoms with E-state index in [1.807, 2.05) is 6.07 Å². The number of rotatable bonds is 4. The number of fused-ring (bicyclic) bond motifs is 1. The van der Waals surface area contributed by atoms with Gasteiger partial charge in [0, 0.05) is 19.2 Å². The van der Waals surface area contributed by atoms with Crippen LogP contribution in [0.4, 0.5) is 10.8 Å². The van der Waals surface area contributed by atoms with E-state index in [-0.39, 0.29) is 23.5 Å². The zero-order chi connectivity index (χ0) is 20.4. The fraction of sp³-hybridized carbons (Fsp3) is 0.300. The van der Waals surface area contributed by atoms with E-state index in [9.17, 15) is 14.4 Å². The van der Waals surface area contributed by atoms with Gasteiger partial charge in [-0.15, -0.1) is 0 Å². The van der Waals surface area contributed by atoms with Crippen molar-refractivity contribution in [2.24, 2.45) is 0 Å². The number of nitrogens with zero attached hydrogens (tertiary/aromatic N) is 2. The maximum atomic E-state index is 12.9. The van der Waals surface area contributed by atoms with Crippen LogP contribution in [0, 0.1) is 0 Å². The molecular formula is C20H20N4O4S. The van der Waals surface area contributed by atoms with E-state index in [0.717, 1.165) is 23.1 Å². The largest absolute Gasteiger partial charge is 0.459 e. The third-order valence-corrected chi connectivity index (χ3v) is 5.67. The van der Waals surface area contributed by atoms with E-state index in [2.05, 4.69) is 15.6 Å². The number of nitrogens with one attached hydrogen (secondary N) is 2. The molecule has 1 saturated heterocycles. The summed E-state index contributed by atoms with van der Waals surface area (Å²) in [6, 6.07) is 8.09. The van der Waals surface area contributed by atoms with Crippen LogP contribution in [0.2, 0.25) is 0 Å². The first-order valence-corrected chi connectivity index (χ1v) is 10.2. The number of carbonyl (C=O) groups is 3.